The molecular weight excluding hydrogens is 324 g/mol. The molecule has 0 fully saturated rings. The van der Waals surface area contributed by atoms with Crippen molar-refractivity contribution in [3.63, 3.8) is 0 Å². The third kappa shape index (κ3) is 3.12. The quantitative estimate of drug-likeness (QED) is 0.730. The zero-order chi connectivity index (χ0) is 17.3. The summed E-state index contributed by atoms with van der Waals surface area (Å²) in [5.74, 6) is 0.488. The first kappa shape index (κ1) is 16.4. The number of aromatic nitrogens is 3. The number of carbonyl (C=O) groups is 1. The van der Waals surface area contributed by atoms with Crippen LogP contribution in [-0.4, -0.2) is 26.9 Å². The monoisotopic (exact) mass is 344 g/mol. The third-order valence-corrected chi connectivity index (χ3v) is 4.74. The molecule has 0 saturated carbocycles. The zero-order valence-corrected chi connectivity index (χ0v) is 15.0. The number of benzene rings is 1. The molecule has 0 radical (unpaired) electrons. The van der Waals surface area contributed by atoms with Crippen molar-refractivity contribution in [2.24, 2.45) is 12.0 Å². The normalized spacial score (nSPS) is 12.3. The number of aryl methyl sites for hydroxylation is 1. The van der Waals surface area contributed by atoms with Crippen LogP contribution in [0, 0.1) is 0 Å². The van der Waals surface area contributed by atoms with E-state index in [1.807, 2.05) is 50.6 Å². The number of rotatable bonds is 4. The molecule has 3 aromatic rings. The molecule has 0 aliphatic heterocycles. The zero-order valence-electron chi connectivity index (χ0n) is 14.2. The van der Waals surface area contributed by atoms with Gasteiger partial charge in [-0.1, -0.05) is 11.3 Å². The van der Waals surface area contributed by atoms with Crippen LogP contribution in [0.15, 0.2) is 35.5 Å². The third-order valence-electron chi connectivity index (χ3n) is 3.65. The molecule has 126 valence electrons. The first-order valence-corrected chi connectivity index (χ1v) is 8.68. The Kier molecular flexibility index (Phi) is 4.53. The Bertz CT molecular complexity index is 949. The van der Waals surface area contributed by atoms with Crippen LogP contribution in [-0.2, 0) is 7.05 Å². The molecule has 24 heavy (non-hydrogen) atoms. The predicted octanol–water partition coefficient (Wildman–Crippen LogP) is 3.16. The van der Waals surface area contributed by atoms with Gasteiger partial charge in [0.1, 0.15) is 5.75 Å². The maximum absolute atomic E-state index is 12.4. The highest BCUT2D eigenvalue weighted by molar-refractivity contribution is 7.16. The summed E-state index contributed by atoms with van der Waals surface area (Å²) in [6.45, 7) is 6.60. The molecule has 0 spiro atoms. The predicted molar refractivity (Wildman–Crippen MR) is 94.5 cm³/mol. The highest BCUT2D eigenvalue weighted by Gasteiger charge is 2.11. The minimum absolute atomic E-state index is 0.212. The van der Waals surface area contributed by atoms with E-state index in [4.69, 9.17) is 4.74 Å². The van der Waals surface area contributed by atoms with Crippen molar-refractivity contribution >= 4 is 27.5 Å². The Morgan fingerprint density at radius 2 is 2.17 bits per heavy atom. The van der Waals surface area contributed by atoms with E-state index in [1.54, 1.807) is 16.9 Å². The summed E-state index contributed by atoms with van der Waals surface area (Å²) in [4.78, 5) is 17.3. The molecule has 7 heteroatoms. The van der Waals surface area contributed by atoms with Crippen LogP contribution in [0.5, 0.6) is 5.75 Å². The summed E-state index contributed by atoms with van der Waals surface area (Å²) in [6.07, 6.45) is 1.80. The molecular formula is C17H20N4O2S. The minimum Gasteiger partial charge on any atom is -0.494 e. The summed E-state index contributed by atoms with van der Waals surface area (Å²) < 4.78 is 10.2. The Hall–Kier alpha value is -2.41. The van der Waals surface area contributed by atoms with Crippen molar-refractivity contribution in [3.05, 3.63) is 41.0 Å². The van der Waals surface area contributed by atoms with E-state index in [0.29, 0.717) is 17.1 Å². The number of ether oxygens (including phenoxy) is 1. The molecule has 0 atom stereocenters. The number of amides is 1. The molecule has 0 aliphatic rings. The number of carbonyl (C=O) groups excluding carboxylic acids is 1. The molecule has 0 aliphatic carbocycles. The summed E-state index contributed by atoms with van der Waals surface area (Å²) in [5, 5.41) is 4.28. The Labute approximate surface area is 144 Å². The topological polar surface area (TPSA) is 61.4 Å². The molecule has 2 heterocycles. The van der Waals surface area contributed by atoms with Crippen LogP contribution in [0.2, 0.25) is 0 Å². The van der Waals surface area contributed by atoms with Crippen LogP contribution in [0.3, 0.4) is 0 Å². The van der Waals surface area contributed by atoms with Gasteiger partial charge >= 0.3 is 0 Å². The SMILES string of the molecule is CCOc1ccc2c(c1)sc(=NC(=O)c1ccn(C(C)C)n1)n2C. The van der Waals surface area contributed by atoms with Crippen molar-refractivity contribution in [3.8, 4) is 5.75 Å². The number of thiazole rings is 1. The van der Waals surface area contributed by atoms with Gasteiger partial charge in [0.2, 0.25) is 0 Å². The van der Waals surface area contributed by atoms with Crippen LogP contribution in [0.1, 0.15) is 37.3 Å². The molecule has 1 aromatic carbocycles. The maximum atomic E-state index is 12.4. The van der Waals surface area contributed by atoms with E-state index in [2.05, 4.69) is 10.1 Å². The van der Waals surface area contributed by atoms with Gasteiger partial charge in [-0.3, -0.25) is 9.48 Å². The minimum atomic E-state index is -0.332. The van der Waals surface area contributed by atoms with Gasteiger partial charge in [0, 0.05) is 19.3 Å². The molecule has 0 saturated heterocycles. The van der Waals surface area contributed by atoms with Crippen molar-refractivity contribution in [1.29, 1.82) is 0 Å². The van der Waals surface area contributed by atoms with Crippen LogP contribution >= 0.6 is 11.3 Å². The van der Waals surface area contributed by atoms with Crippen molar-refractivity contribution in [2.75, 3.05) is 6.61 Å². The van der Waals surface area contributed by atoms with Gasteiger partial charge in [-0.25, -0.2) is 0 Å². The second-order valence-corrected chi connectivity index (χ2v) is 6.71. The number of hydrogen-bond acceptors (Lipinski definition) is 4. The van der Waals surface area contributed by atoms with Crippen molar-refractivity contribution < 1.29 is 9.53 Å². The van der Waals surface area contributed by atoms with Crippen molar-refractivity contribution in [1.82, 2.24) is 14.3 Å². The summed E-state index contributed by atoms with van der Waals surface area (Å²) in [7, 11) is 1.90. The summed E-state index contributed by atoms with van der Waals surface area (Å²) in [5.41, 5.74) is 1.37. The van der Waals surface area contributed by atoms with Gasteiger partial charge in [0.15, 0.2) is 10.5 Å². The summed E-state index contributed by atoms with van der Waals surface area (Å²) in [6, 6.07) is 7.79. The lowest BCUT2D eigenvalue weighted by atomic mass is 10.3. The van der Waals surface area contributed by atoms with Gasteiger partial charge in [-0.2, -0.15) is 10.1 Å². The lowest BCUT2D eigenvalue weighted by Gasteiger charge is -2.02. The Morgan fingerprint density at radius 1 is 1.38 bits per heavy atom. The second-order valence-electron chi connectivity index (χ2n) is 5.70. The molecule has 0 N–H and O–H groups in total. The lowest BCUT2D eigenvalue weighted by Crippen LogP contribution is -2.14. The van der Waals surface area contributed by atoms with Crippen LogP contribution in [0.25, 0.3) is 10.2 Å². The second kappa shape index (κ2) is 6.60. The van der Waals surface area contributed by atoms with Crippen molar-refractivity contribution in [2.45, 2.75) is 26.8 Å². The lowest BCUT2D eigenvalue weighted by molar-refractivity contribution is 0.0992. The Balaban J connectivity index is 1.99. The van der Waals surface area contributed by atoms with Gasteiger partial charge in [0.25, 0.3) is 5.91 Å². The average molecular weight is 344 g/mol. The van der Waals surface area contributed by atoms with Gasteiger partial charge < -0.3 is 9.30 Å². The molecule has 0 unspecified atom stereocenters. The highest BCUT2D eigenvalue weighted by atomic mass is 32.1. The standard InChI is InChI=1S/C17H20N4O2S/c1-5-23-12-6-7-14-15(10-12)24-17(20(14)4)18-16(22)13-8-9-21(19-13)11(2)3/h6-11H,5H2,1-4H3. The fourth-order valence-corrected chi connectivity index (χ4v) is 3.41. The van der Waals surface area contributed by atoms with Gasteiger partial charge in [0.05, 0.1) is 16.8 Å². The molecule has 6 nitrogen and oxygen atoms in total. The van der Waals surface area contributed by atoms with Crippen LogP contribution in [0.4, 0.5) is 0 Å². The smallest absolute Gasteiger partial charge is 0.300 e. The largest absolute Gasteiger partial charge is 0.494 e. The number of fused-ring (bicyclic) bond motifs is 1. The molecule has 1 amide bonds. The van der Waals surface area contributed by atoms with Crippen LogP contribution < -0.4 is 9.54 Å². The summed E-state index contributed by atoms with van der Waals surface area (Å²) >= 11 is 1.46. The van der Waals surface area contributed by atoms with Gasteiger partial charge in [-0.15, -0.1) is 0 Å². The highest BCUT2D eigenvalue weighted by Crippen LogP contribution is 2.22. The van der Waals surface area contributed by atoms with E-state index in [9.17, 15) is 4.79 Å². The first-order chi connectivity index (χ1) is 11.5. The van der Waals surface area contributed by atoms with E-state index in [-0.39, 0.29) is 11.9 Å². The molecule has 2 aromatic heterocycles. The van der Waals surface area contributed by atoms with E-state index in [1.165, 1.54) is 11.3 Å². The fraction of sp³-hybridized carbons (Fsp3) is 0.353. The first-order valence-electron chi connectivity index (χ1n) is 7.86. The molecule has 0 bridgehead atoms. The van der Waals surface area contributed by atoms with E-state index < -0.39 is 0 Å². The van der Waals surface area contributed by atoms with E-state index in [0.717, 1.165) is 16.0 Å². The average Bonchev–Trinajstić information content (AvgIpc) is 3.14. The fourth-order valence-electron chi connectivity index (χ4n) is 2.36. The Morgan fingerprint density at radius 3 is 2.83 bits per heavy atom. The van der Waals surface area contributed by atoms with Gasteiger partial charge in [-0.05, 0) is 45.0 Å². The maximum Gasteiger partial charge on any atom is 0.300 e. The van der Waals surface area contributed by atoms with E-state index >= 15 is 0 Å². The number of nitrogens with zero attached hydrogens (tertiary/aromatic N) is 4. The number of hydrogen-bond donors (Lipinski definition) is 0. The molecule has 3 rings (SSSR count).